The predicted molar refractivity (Wildman–Crippen MR) is 143 cm³/mol. The van der Waals surface area contributed by atoms with Gasteiger partial charge in [-0.05, 0) is 32.9 Å². The molecule has 214 valence electrons. The van der Waals surface area contributed by atoms with Gasteiger partial charge in [-0.2, -0.15) is 4.98 Å². The molecule has 1 aromatic carbocycles. The van der Waals surface area contributed by atoms with Crippen LogP contribution < -0.4 is 10.3 Å². The minimum absolute atomic E-state index is 0.0668. The highest BCUT2D eigenvalue weighted by atomic mass is 31.2. The van der Waals surface area contributed by atoms with E-state index in [0.29, 0.717) is 5.52 Å². The molecule has 3 aromatic rings. The molecule has 0 spiro atoms. The number of nitrogens with zero attached hydrogens (tertiary/aromatic N) is 4. The number of aliphatic hydroxyl groups is 1. The second kappa shape index (κ2) is 11.9. The molecule has 1 saturated heterocycles. The van der Waals surface area contributed by atoms with E-state index in [1.165, 1.54) is 30.9 Å². The number of alkyl halides is 1. The lowest BCUT2D eigenvalue weighted by Gasteiger charge is -2.25. The number of fused-ring (bicyclic) bond motifs is 1. The SMILES string of the molecule is CC#CC1(F)[C@@H](O)[C@@H](CO[P@@](=O)(C[C@@H](C)C(=O)OC(C)C)Oc2ccccc2)O[C@H]1n1cnc2cnc(N)nc21. The van der Waals surface area contributed by atoms with Crippen molar-refractivity contribution < 1.29 is 37.4 Å². The molecule has 0 saturated carbocycles. The van der Waals surface area contributed by atoms with E-state index in [9.17, 15) is 14.5 Å². The van der Waals surface area contributed by atoms with Crippen molar-refractivity contribution >= 4 is 30.7 Å². The fraction of sp³-hybridized carbons (Fsp3) is 0.462. The van der Waals surface area contributed by atoms with E-state index in [2.05, 4.69) is 26.8 Å². The third-order valence-electron chi connectivity index (χ3n) is 6.02. The van der Waals surface area contributed by atoms with Crippen LogP contribution in [0.3, 0.4) is 0 Å². The zero-order valence-corrected chi connectivity index (χ0v) is 23.3. The Morgan fingerprint density at radius 3 is 2.70 bits per heavy atom. The Morgan fingerprint density at radius 1 is 1.30 bits per heavy atom. The number of rotatable bonds is 10. The van der Waals surface area contributed by atoms with Gasteiger partial charge in [-0.1, -0.05) is 31.0 Å². The summed E-state index contributed by atoms with van der Waals surface area (Å²) < 4.78 is 54.0. The second-order valence-electron chi connectivity index (χ2n) is 9.58. The topological polar surface area (TPSA) is 161 Å². The van der Waals surface area contributed by atoms with Gasteiger partial charge in [-0.25, -0.2) is 18.9 Å². The molecule has 6 atom stereocenters. The minimum atomic E-state index is -4.06. The fourth-order valence-corrected chi connectivity index (χ4v) is 6.07. The highest BCUT2D eigenvalue weighted by Gasteiger charge is 2.58. The Balaban J connectivity index is 1.59. The molecule has 12 nitrogen and oxygen atoms in total. The van der Waals surface area contributed by atoms with Gasteiger partial charge in [0, 0.05) is 0 Å². The molecule has 1 aliphatic rings. The van der Waals surface area contributed by atoms with Crippen LogP contribution in [0.1, 0.15) is 33.9 Å². The van der Waals surface area contributed by atoms with Gasteiger partial charge < -0.3 is 24.8 Å². The molecule has 2 aromatic heterocycles. The first-order valence-corrected chi connectivity index (χ1v) is 14.3. The van der Waals surface area contributed by atoms with Gasteiger partial charge in [-0.15, -0.1) is 5.92 Å². The van der Waals surface area contributed by atoms with Crippen molar-refractivity contribution in [3.63, 3.8) is 0 Å². The number of aliphatic hydroxyl groups excluding tert-OH is 1. The summed E-state index contributed by atoms with van der Waals surface area (Å²) in [5, 5.41) is 11.0. The number of ether oxygens (including phenoxy) is 2. The Labute approximate surface area is 230 Å². The van der Waals surface area contributed by atoms with Crippen LogP contribution in [-0.2, 0) is 23.4 Å². The number of benzene rings is 1. The van der Waals surface area contributed by atoms with Gasteiger partial charge >= 0.3 is 13.6 Å². The average Bonchev–Trinajstić information content (AvgIpc) is 3.41. The van der Waals surface area contributed by atoms with Crippen molar-refractivity contribution in [2.75, 3.05) is 18.5 Å². The molecule has 0 radical (unpaired) electrons. The van der Waals surface area contributed by atoms with Crippen LogP contribution in [0.2, 0.25) is 0 Å². The first kappa shape index (κ1) is 29.4. The van der Waals surface area contributed by atoms with Crippen LogP contribution in [0.15, 0.2) is 42.9 Å². The number of nitrogen functional groups attached to an aromatic ring is 1. The van der Waals surface area contributed by atoms with Crippen LogP contribution in [0.25, 0.3) is 11.2 Å². The number of esters is 1. The summed E-state index contributed by atoms with van der Waals surface area (Å²) in [6.45, 7) is 5.80. The number of imidazole rings is 1. The minimum Gasteiger partial charge on any atom is -0.463 e. The number of halogens is 1. The number of aromatic nitrogens is 4. The Bertz CT molecular complexity index is 1460. The molecular formula is C26H31FN5O7P. The molecule has 40 heavy (non-hydrogen) atoms. The maximum atomic E-state index is 16.3. The van der Waals surface area contributed by atoms with Crippen LogP contribution in [0.5, 0.6) is 5.75 Å². The lowest BCUT2D eigenvalue weighted by atomic mass is 9.96. The summed E-state index contributed by atoms with van der Waals surface area (Å²) in [6.07, 6.45) is -2.73. The van der Waals surface area contributed by atoms with Crippen molar-refractivity contribution in [1.82, 2.24) is 19.5 Å². The first-order valence-electron chi connectivity index (χ1n) is 12.6. The van der Waals surface area contributed by atoms with Crippen molar-refractivity contribution in [2.45, 2.75) is 57.9 Å². The summed E-state index contributed by atoms with van der Waals surface area (Å²) in [4.78, 5) is 24.6. The summed E-state index contributed by atoms with van der Waals surface area (Å²) in [5.74, 6) is 3.61. The first-order chi connectivity index (χ1) is 19.0. The smallest absolute Gasteiger partial charge is 0.380 e. The molecule has 1 aliphatic heterocycles. The highest BCUT2D eigenvalue weighted by molar-refractivity contribution is 7.54. The van der Waals surface area contributed by atoms with Crippen LogP contribution in [0.4, 0.5) is 10.3 Å². The number of carbonyl (C=O) groups excluding carboxylic acids is 1. The van der Waals surface area contributed by atoms with Crippen molar-refractivity contribution in [3.05, 3.63) is 42.9 Å². The highest BCUT2D eigenvalue weighted by Crippen LogP contribution is 2.51. The molecular weight excluding hydrogens is 544 g/mol. The maximum absolute atomic E-state index is 16.3. The van der Waals surface area contributed by atoms with Gasteiger partial charge in [-0.3, -0.25) is 13.9 Å². The Morgan fingerprint density at radius 2 is 2.02 bits per heavy atom. The standard InChI is InChI=1S/C26H31FN5O7P/c1-5-11-26(27)21(33)20(38-24(26)32-15-30-19-12-29-25(28)31-22(19)32)13-36-40(35,39-18-9-7-6-8-10-18)14-17(4)23(34)37-16(2)3/h6-10,12,15-17,20-21,24,33H,13-14H2,1-4H3,(H2,28,29,31)/t17-,20-,21+,24-,26?,40+/m1/s1. The number of nitrogens with two attached hydrogens (primary N) is 1. The zero-order chi connectivity index (χ0) is 29.1. The van der Waals surface area contributed by atoms with Gasteiger partial charge in [0.05, 0.1) is 37.3 Å². The van der Waals surface area contributed by atoms with Gasteiger partial charge in [0.1, 0.15) is 23.5 Å². The van der Waals surface area contributed by atoms with Crippen molar-refractivity contribution in [1.29, 1.82) is 0 Å². The lowest BCUT2D eigenvalue weighted by Crippen LogP contribution is -2.42. The van der Waals surface area contributed by atoms with Crippen LogP contribution in [0, 0.1) is 17.8 Å². The summed E-state index contributed by atoms with van der Waals surface area (Å²) in [6, 6.07) is 8.25. The molecule has 1 fully saturated rings. The molecule has 0 bridgehead atoms. The molecule has 4 rings (SSSR count). The summed E-state index contributed by atoms with van der Waals surface area (Å²) >= 11 is 0. The maximum Gasteiger partial charge on any atom is 0.380 e. The fourth-order valence-electron chi connectivity index (χ4n) is 4.20. The molecule has 0 amide bonds. The Hall–Kier alpha value is -3.56. The van der Waals surface area contributed by atoms with Gasteiger partial charge in [0.25, 0.3) is 0 Å². The van der Waals surface area contributed by atoms with E-state index < -0.39 is 50.2 Å². The number of anilines is 1. The normalized spacial score (nSPS) is 24.7. The van der Waals surface area contributed by atoms with E-state index in [0.717, 1.165) is 0 Å². The second-order valence-corrected chi connectivity index (χ2v) is 11.6. The van der Waals surface area contributed by atoms with E-state index in [-0.39, 0.29) is 29.6 Å². The number of hydrogen-bond donors (Lipinski definition) is 2. The van der Waals surface area contributed by atoms with Crippen LogP contribution >= 0.6 is 7.60 Å². The predicted octanol–water partition coefficient (Wildman–Crippen LogP) is 3.27. The molecule has 1 unspecified atom stereocenters. The zero-order valence-electron chi connectivity index (χ0n) is 22.4. The van der Waals surface area contributed by atoms with Gasteiger partial charge in [0.15, 0.2) is 11.9 Å². The summed E-state index contributed by atoms with van der Waals surface area (Å²) in [5.41, 5.74) is 3.58. The monoisotopic (exact) mass is 575 g/mol. The van der Waals surface area contributed by atoms with E-state index in [1.54, 1.807) is 44.2 Å². The quantitative estimate of drug-likeness (QED) is 0.207. The third kappa shape index (κ3) is 6.26. The average molecular weight is 576 g/mol. The molecule has 0 aliphatic carbocycles. The van der Waals surface area contributed by atoms with Crippen LogP contribution in [-0.4, -0.2) is 67.3 Å². The van der Waals surface area contributed by atoms with Crippen molar-refractivity contribution in [3.8, 4) is 17.6 Å². The summed E-state index contributed by atoms with van der Waals surface area (Å²) in [7, 11) is -4.06. The Kier molecular flexibility index (Phi) is 8.75. The molecule has 14 heteroatoms. The number of carbonyl (C=O) groups is 1. The number of para-hydroxylation sites is 1. The lowest BCUT2D eigenvalue weighted by molar-refractivity contribution is -0.151. The molecule has 3 heterocycles. The van der Waals surface area contributed by atoms with E-state index in [4.69, 9.17) is 24.3 Å². The van der Waals surface area contributed by atoms with E-state index in [1.807, 2.05) is 0 Å². The third-order valence-corrected chi connectivity index (χ3v) is 8.05. The molecule has 3 N–H and O–H groups in total. The number of hydrogen-bond acceptors (Lipinski definition) is 11. The van der Waals surface area contributed by atoms with Crippen molar-refractivity contribution in [2.24, 2.45) is 5.92 Å². The largest absolute Gasteiger partial charge is 0.463 e. The van der Waals surface area contributed by atoms with E-state index >= 15 is 4.39 Å². The van der Waals surface area contributed by atoms with Gasteiger partial charge in [0.2, 0.25) is 11.6 Å².